The molecular weight excluding hydrogens is 296 g/mol. The molecule has 2 rings (SSSR count). The van der Waals surface area contributed by atoms with Crippen LogP contribution < -0.4 is 0 Å². The number of hydrogen-bond acceptors (Lipinski definition) is 1. The van der Waals surface area contributed by atoms with Crippen LogP contribution >= 0.6 is 0 Å². The first kappa shape index (κ1) is 18.3. The molecule has 0 aliphatic carbocycles. The molecule has 0 atom stereocenters. The third-order valence-electron chi connectivity index (χ3n) is 4.45. The zero-order chi connectivity index (χ0) is 18.3. The number of hydrogen-bond donors (Lipinski definition) is 1. The Hall–Kier alpha value is -2.09. The minimum Gasteiger partial charge on any atom is -0.478 e. The summed E-state index contributed by atoms with van der Waals surface area (Å²) >= 11 is 0. The van der Waals surface area contributed by atoms with Gasteiger partial charge in [0.2, 0.25) is 0 Å². The molecule has 0 fully saturated rings. The minimum absolute atomic E-state index is 0.0604. The van der Waals surface area contributed by atoms with Crippen molar-refractivity contribution in [1.29, 1.82) is 0 Å². The van der Waals surface area contributed by atoms with Gasteiger partial charge >= 0.3 is 5.97 Å². The lowest BCUT2D eigenvalue weighted by Crippen LogP contribution is -2.16. The van der Waals surface area contributed by atoms with Crippen molar-refractivity contribution in [2.24, 2.45) is 0 Å². The first-order chi connectivity index (χ1) is 10.9. The van der Waals surface area contributed by atoms with Crippen molar-refractivity contribution in [3.05, 3.63) is 58.7 Å². The van der Waals surface area contributed by atoms with Crippen LogP contribution in [0.4, 0.5) is 0 Å². The third kappa shape index (κ3) is 3.87. The van der Waals surface area contributed by atoms with Crippen LogP contribution in [0, 0.1) is 6.92 Å². The molecule has 0 aliphatic rings. The van der Waals surface area contributed by atoms with Gasteiger partial charge in [-0.1, -0.05) is 65.8 Å². The van der Waals surface area contributed by atoms with Crippen LogP contribution in [0.25, 0.3) is 11.1 Å². The van der Waals surface area contributed by atoms with Crippen molar-refractivity contribution in [3.63, 3.8) is 0 Å². The summed E-state index contributed by atoms with van der Waals surface area (Å²) in [6.07, 6.45) is 0. The monoisotopic (exact) mass is 324 g/mol. The minimum atomic E-state index is -0.886. The molecule has 24 heavy (non-hydrogen) atoms. The highest BCUT2D eigenvalue weighted by Gasteiger charge is 2.21. The van der Waals surface area contributed by atoms with Crippen molar-refractivity contribution in [2.45, 2.75) is 59.3 Å². The number of carboxylic acids is 1. The maximum atomic E-state index is 11.2. The predicted molar refractivity (Wildman–Crippen MR) is 101 cm³/mol. The van der Waals surface area contributed by atoms with E-state index in [0.29, 0.717) is 5.56 Å². The molecule has 1 N–H and O–H groups in total. The quantitative estimate of drug-likeness (QED) is 0.740. The standard InChI is InChI=1S/C22H28O2/c1-14-10-15(20(23)24)8-9-19(14)16-11-17(21(2,3)4)13-18(12-16)22(5,6)7/h8-13H,1-7H3,(H,23,24). The number of carboxylic acid groups (broad SMARTS) is 1. The van der Waals surface area contributed by atoms with Gasteiger partial charge in [0.15, 0.2) is 0 Å². The number of aromatic carboxylic acids is 1. The van der Waals surface area contributed by atoms with Crippen molar-refractivity contribution >= 4 is 5.97 Å². The summed E-state index contributed by atoms with van der Waals surface area (Å²) in [6, 6.07) is 12.1. The number of aryl methyl sites for hydroxylation is 1. The SMILES string of the molecule is Cc1cc(C(=O)O)ccc1-c1cc(C(C)(C)C)cc(C(C)(C)C)c1. The van der Waals surface area contributed by atoms with E-state index in [1.165, 1.54) is 11.1 Å². The van der Waals surface area contributed by atoms with Crippen LogP contribution in [0.3, 0.4) is 0 Å². The van der Waals surface area contributed by atoms with Crippen molar-refractivity contribution in [3.8, 4) is 11.1 Å². The average molecular weight is 324 g/mol. The van der Waals surface area contributed by atoms with E-state index in [9.17, 15) is 9.90 Å². The first-order valence-corrected chi connectivity index (χ1v) is 8.40. The lowest BCUT2D eigenvalue weighted by Gasteiger charge is -2.26. The summed E-state index contributed by atoms with van der Waals surface area (Å²) in [5, 5.41) is 9.17. The highest BCUT2D eigenvalue weighted by atomic mass is 16.4. The van der Waals surface area contributed by atoms with Gasteiger partial charge in [-0.25, -0.2) is 4.79 Å². The van der Waals surface area contributed by atoms with Crippen LogP contribution in [-0.2, 0) is 10.8 Å². The molecule has 0 saturated heterocycles. The Morgan fingerprint density at radius 3 is 1.71 bits per heavy atom. The molecule has 128 valence electrons. The fourth-order valence-corrected chi connectivity index (χ4v) is 2.77. The number of rotatable bonds is 2. The van der Waals surface area contributed by atoms with Crippen LogP contribution in [0.15, 0.2) is 36.4 Å². The van der Waals surface area contributed by atoms with Crippen LogP contribution in [0.5, 0.6) is 0 Å². The van der Waals surface area contributed by atoms with Gasteiger partial charge in [0, 0.05) is 0 Å². The van der Waals surface area contributed by atoms with Crippen molar-refractivity contribution in [2.75, 3.05) is 0 Å². The second kappa shape index (κ2) is 6.08. The fourth-order valence-electron chi connectivity index (χ4n) is 2.77. The highest BCUT2D eigenvalue weighted by Crippen LogP contribution is 2.35. The Balaban J connectivity index is 2.68. The lowest BCUT2D eigenvalue weighted by molar-refractivity contribution is 0.0697. The largest absolute Gasteiger partial charge is 0.478 e. The normalized spacial score (nSPS) is 12.3. The Morgan fingerprint density at radius 2 is 1.33 bits per heavy atom. The third-order valence-corrected chi connectivity index (χ3v) is 4.45. The molecule has 0 spiro atoms. The maximum Gasteiger partial charge on any atom is 0.335 e. The molecule has 0 saturated carbocycles. The van der Waals surface area contributed by atoms with E-state index < -0.39 is 5.97 Å². The first-order valence-electron chi connectivity index (χ1n) is 8.40. The summed E-state index contributed by atoms with van der Waals surface area (Å²) in [4.78, 5) is 11.2. The van der Waals surface area contributed by atoms with Gasteiger partial charge in [0.25, 0.3) is 0 Å². The van der Waals surface area contributed by atoms with E-state index in [2.05, 4.69) is 59.7 Å². The zero-order valence-corrected chi connectivity index (χ0v) is 15.8. The summed E-state index contributed by atoms with van der Waals surface area (Å²) in [7, 11) is 0. The molecular formula is C22H28O2. The molecule has 2 aromatic carbocycles. The van der Waals surface area contributed by atoms with E-state index in [1.807, 2.05) is 13.0 Å². The summed E-state index contributed by atoms with van der Waals surface area (Å²) in [5.41, 5.74) is 6.28. The Bertz CT molecular complexity index is 739. The molecule has 0 heterocycles. The van der Waals surface area contributed by atoms with E-state index in [1.54, 1.807) is 12.1 Å². The molecule has 0 bridgehead atoms. The Kier molecular flexibility index (Phi) is 4.63. The second-order valence-corrected chi connectivity index (χ2v) is 8.63. The number of carbonyl (C=O) groups is 1. The van der Waals surface area contributed by atoms with E-state index in [-0.39, 0.29) is 10.8 Å². The van der Waals surface area contributed by atoms with Gasteiger partial charge < -0.3 is 5.11 Å². The molecule has 2 nitrogen and oxygen atoms in total. The molecule has 0 aliphatic heterocycles. The second-order valence-electron chi connectivity index (χ2n) is 8.63. The predicted octanol–water partition coefficient (Wildman–Crippen LogP) is 5.96. The van der Waals surface area contributed by atoms with Gasteiger partial charge in [-0.2, -0.15) is 0 Å². The van der Waals surface area contributed by atoms with Gasteiger partial charge in [-0.3, -0.25) is 0 Å². The molecule has 0 aromatic heterocycles. The van der Waals surface area contributed by atoms with E-state index in [0.717, 1.165) is 16.7 Å². The van der Waals surface area contributed by atoms with Gasteiger partial charge in [0.1, 0.15) is 0 Å². The van der Waals surface area contributed by atoms with E-state index >= 15 is 0 Å². The van der Waals surface area contributed by atoms with Crippen LogP contribution in [-0.4, -0.2) is 11.1 Å². The molecule has 2 aromatic rings. The lowest BCUT2D eigenvalue weighted by atomic mass is 9.78. The summed E-state index contributed by atoms with van der Waals surface area (Å²) in [5.74, 6) is -0.886. The highest BCUT2D eigenvalue weighted by molar-refractivity contribution is 5.89. The zero-order valence-electron chi connectivity index (χ0n) is 15.8. The van der Waals surface area contributed by atoms with Gasteiger partial charge in [0.05, 0.1) is 5.56 Å². The molecule has 2 heteroatoms. The number of benzene rings is 2. The van der Waals surface area contributed by atoms with Crippen molar-refractivity contribution in [1.82, 2.24) is 0 Å². The topological polar surface area (TPSA) is 37.3 Å². The molecule has 0 unspecified atom stereocenters. The Labute approximate surface area is 145 Å². The van der Waals surface area contributed by atoms with Crippen molar-refractivity contribution < 1.29 is 9.90 Å². The Morgan fingerprint density at radius 1 is 0.833 bits per heavy atom. The summed E-state index contributed by atoms with van der Waals surface area (Å²) in [6.45, 7) is 15.3. The molecule has 0 radical (unpaired) electrons. The smallest absolute Gasteiger partial charge is 0.335 e. The average Bonchev–Trinajstić information content (AvgIpc) is 2.44. The fraction of sp³-hybridized carbons (Fsp3) is 0.409. The summed E-state index contributed by atoms with van der Waals surface area (Å²) < 4.78 is 0. The maximum absolute atomic E-state index is 11.2. The van der Waals surface area contributed by atoms with Crippen LogP contribution in [0.1, 0.15) is 68.6 Å². The molecule has 0 amide bonds. The van der Waals surface area contributed by atoms with Gasteiger partial charge in [-0.15, -0.1) is 0 Å². The van der Waals surface area contributed by atoms with Gasteiger partial charge in [-0.05, 0) is 57.7 Å². The van der Waals surface area contributed by atoms with Crippen LogP contribution in [0.2, 0.25) is 0 Å². The van der Waals surface area contributed by atoms with E-state index in [4.69, 9.17) is 0 Å².